The largest absolute Gasteiger partial charge is 0.315 e. The van der Waals surface area contributed by atoms with E-state index in [1.807, 2.05) is 18.4 Å². The quantitative estimate of drug-likeness (QED) is 0.765. The lowest BCUT2D eigenvalue weighted by Gasteiger charge is -2.17. The van der Waals surface area contributed by atoms with Crippen LogP contribution in [0.15, 0.2) is 12.1 Å². The number of nitrogens with zero attached hydrogens (tertiary/aromatic N) is 2. The molecule has 0 aliphatic carbocycles. The Morgan fingerprint density at radius 2 is 1.82 bits per heavy atom. The van der Waals surface area contributed by atoms with Gasteiger partial charge in [0.05, 0.1) is 0 Å². The molecule has 0 aliphatic heterocycles. The molecular weight excluding hydrogens is 230 g/mol. The zero-order chi connectivity index (χ0) is 12.7. The van der Waals surface area contributed by atoms with E-state index in [1.165, 1.54) is 22.7 Å². The smallest absolute Gasteiger partial charge is 0.0324 e. The van der Waals surface area contributed by atoms with Crippen LogP contribution in [0.4, 0.5) is 0 Å². The fourth-order valence-corrected chi connectivity index (χ4v) is 2.89. The first-order valence-corrected chi connectivity index (χ1v) is 6.99. The van der Waals surface area contributed by atoms with E-state index in [4.69, 9.17) is 0 Å². The minimum atomic E-state index is 0.981. The van der Waals surface area contributed by atoms with Gasteiger partial charge in [-0.3, -0.25) is 0 Å². The first kappa shape index (κ1) is 14.6. The maximum Gasteiger partial charge on any atom is 0.0324 e. The Morgan fingerprint density at radius 1 is 1.12 bits per heavy atom. The first-order chi connectivity index (χ1) is 8.11. The number of thiophene rings is 1. The molecule has 0 unspecified atom stereocenters. The summed E-state index contributed by atoms with van der Waals surface area (Å²) in [5, 5.41) is 3.19. The molecule has 1 rings (SSSR count). The van der Waals surface area contributed by atoms with E-state index in [2.05, 4.69) is 48.4 Å². The highest BCUT2D eigenvalue weighted by Gasteiger charge is 2.03. The van der Waals surface area contributed by atoms with Gasteiger partial charge >= 0.3 is 0 Å². The highest BCUT2D eigenvalue weighted by Crippen LogP contribution is 2.17. The Morgan fingerprint density at radius 3 is 2.47 bits per heavy atom. The van der Waals surface area contributed by atoms with Crippen molar-refractivity contribution in [2.24, 2.45) is 0 Å². The lowest BCUT2D eigenvalue weighted by molar-refractivity contribution is 0.296. The van der Waals surface area contributed by atoms with Crippen molar-refractivity contribution < 1.29 is 0 Å². The summed E-state index contributed by atoms with van der Waals surface area (Å²) in [4.78, 5) is 7.52. The molecule has 4 heteroatoms. The molecule has 0 saturated heterocycles. The van der Waals surface area contributed by atoms with E-state index < -0.39 is 0 Å². The maximum absolute atomic E-state index is 3.19. The summed E-state index contributed by atoms with van der Waals surface area (Å²) in [5.41, 5.74) is 0. The molecule has 1 heterocycles. The average molecular weight is 255 g/mol. The first-order valence-electron chi connectivity index (χ1n) is 6.17. The van der Waals surface area contributed by atoms with Crippen LogP contribution in [0.2, 0.25) is 0 Å². The molecule has 0 amide bonds. The van der Waals surface area contributed by atoms with Gasteiger partial charge in [-0.1, -0.05) is 0 Å². The molecule has 0 fully saturated rings. The van der Waals surface area contributed by atoms with Crippen molar-refractivity contribution in [3.05, 3.63) is 21.9 Å². The Kier molecular flexibility index (Phi) is 6.73. The van der Waals surface area contributed by atoms with Crippen LogP contribution >= 0.6 is 11.3 Å². The predicted octanol–water partition coefficient (Wildman–Crippen LogP) is 1.85. The minimum Gasteiger partial charge on any atom is -0.315 e. The zero-order valence-corrected chi connectivity index (χ0v) is 12.3. The second-order valence-electron chi connectivity index (χ2n) is 4.79. The van der Waals surface area contributed by atoms with Crippen LogP contribution in [0.1, 0.15) is 16.2 Å². The summed E-state index contributed by atoms with van der Waals surface area (Å²) in [6, 6.07) is 4.48. The monoisotopic (exact) mass is 255 g/mol. The summed E-state index contributed by atoms with van der Waals surface area (Å²) < 4.78 is 0. The van der Waals surface area contributed by atoms with Crippen molar-refractivity contribution in [2.45, 2.75) is 19.5 Å². The summed E-state index contributed by atoms with van der Waals surface area (Å²) >= 11 is 1.91. The van der Waals surface area contributed by atoms with Gasteiger partial charge in [0.25, 0.3) is 0 Å². The molecule has 0 atom stereocenters. The van der Waals surface area contributed by atoms with Gasteiger partial charge in [0.15, 0.2) is 0 Å². The van der Waals surface area contributed by atoms with E-state index in [-0.39, 0.29) is 0 Å². The van der Waals surface area contributed by atoms with Crippen molar-refractivity contribution in [2.75, 3.05) is 41.3 Å². The Balaban J connectivity index is 2.26. The summed E-state index contributed by atoms with van der Waals surface area (Å²) in [6.45, 7) is 4.38. The van der Waals surface area contributed by atoms with Crippen LogP contribution in [0.3, 0.4) is 0 Å². The zero-order valence-electron chi connectivity index (χ0n) is 11.5. The summed E-state index contributed by atoms with van der Waals surface area (Å²) in [6.07, 6.45) is 1.23. The van der Waals surface area contributed by atoms with E-state index in [0.29, 0.717) is 0 Å². The molecule has 0 radical (unpaired) electrons. The molecule has 98 valence electrons. The molecule has 3 nitrogen and oxygen atoms in total. The van der Waals surface area contributed by atoms with Gasteiger partial charge in [-0.2, -0.15) is 0 Å². The van der Waals surface area contributed by atoms with Gasteiger partial charge in [-0.05, 0) is 59.8 Å². The minimum absolute atomic E-state index is 0.981. The van der Waals surface area contributed by atoms with Crippen LogP contribution in [-0.2, 0) is 13.1 Å². The van der Waals surface area contributed by atoms with Crippen molar-refractivity contribution >= 4 is 11.3 Å². The third-order valence-electron chi connectivity index (χ3n) is 2.64. The van der Waals surface area contributed by atoms with Gasteiger partial charge in [0.1, 0.15) is 0 Å². The van der Waals surface area contributed by atoms with E-state index in [1.54, 1.807) is 0 Å². The molecule has 0 bridgehead atoms. The van der Waals surface area contributed by atoms with Gasteiger partial charge in [0, 0.05) is 22.8 Å². The summed E-state index contributed by atoms with van der Waals surface area (Å²) in [7, 11) is 8.45. The molecule has 1 aromatic rings. The topological polar surface area (TPSA) is 18.5 Å². The van der Waals surface area contributed by atoms with E-state index in [9.17, 15) is 0 Å². The third-order valence-corrected chi connectivity index (χ3v) is 3.71. The van der Waals surface area contributed by atoms with E-state index >= 15 is 0 Å². The Bertz CT molecular complexity index is 309. The Labute approximate surface area is 109 Å². The van der Waals surface area contributed by atoms with Crippen molar-refractivity contribution in [1.82, 2.24) is 15.1 Å². The second kappa shape index (κ2) is 7.82. The summed E-state index contributed by atoms with van der Waals surface area (Å²) in [5.74, 6) is 0. The number of hydrogen-bond donors (Lipinski definition) is 1. The van der Waals surface area contributed by atoms with Gasteiger partial charge < -0.3 is 15.1 Å². The van der Waals surface area contributed by atoms with Crippen molar-refractivity contribution in [3.8, 4) is 0 Å². The second-order valence-corrected chi connectivity index (χ2v) is 6.05. The van der Waals surface area contributed by atoms with Crippen molar-refractivity contribution in [3.63, 3.8) is 0 Å². The standard InChI is InChI=1S/C13H25N3S/c1-14-10-12-6-7-13(17-12)11-16(4)9-5-8-15(2)3/h6-7,14H,5,8-11H2,1-4H3. The van der Waals surface area contributed by atoms with Crippen molar-refractivity contribution in [1.29, 1.82) is 0 Å². The lowest BCUT2D eigenvalue weighted by Crippen LogP contribution is -2.23. The highest BCUT2D eigenvalue weighted by atomic mass is 32.1. The molecule has 0 aliphatic rings. The number of hydrogen-bond acceptors (Lipinski definition) is 4. The molecule has 1 aromatic heterocycles. The predicted molar refractivity (Wildman–Crippen MR) is 76.6 cm³/mol. The van der Waals surface area contributed by atoms with Crippen LogP contribution in [0.5, 0.6) is 0 Å². The normalized spacial score (nSPS) is 11.6. The number of nitrogens with one attached hydrogen (secondary N) is 1. The van der Waals surface area contributed by atoms with E-state index in [0.717, 1.165) is 19.6 Å². The van der Waals surface area contributed by atoms with Crippen LogP contribution in [-0.4, -0.2) is 51.1 Å². The molecule has 17 heavy (non-hydrogen) atoms. The maximum atomic E-state index is 3.19. The molecular formula is C13H25N3S. The van der Waals surface area contributed by atoms with Crippen LogP contribution in [0.25, 0.3) is 0 Å². The van der Waals surface area contributed by atoms with Crippen LogP contribution in [0, 0.1) is 0 Å². The molecule has 0 spiro atoms. The SMILES string of the molecule is CNCc1ccc(CN(C)CCCN(C)C)s1. The molecule has 1 N–H and O–H groups in total. The lowest BCUT2D eigenvalue weighted by atomic mass is 10.3. The van der Waals surface area contributed by atoms with Gasteiger partial charge in [-0.15, -0.1) is 11.3 Å². The van der Waals surface area contributed by atoms with Gasteiger partial charge in [0.2, 0.25) is 0 Å². The third kappa shape index (κ3) is 6.17. The van der Waals surface area contributed by atoms with Crippen LogP contribution < -0.4 is 5.32 Å². The fourth-order valence-electron chi connectivity index (χ4n) is 1.78. The molecule has 0 saturated carbocycles. The number of rotatable bonds is 8. The highest BCUT2D eigenvalue weighted by molar-refractivity contribution is 7.11. The van der Waals surface area contributed by atoms with Gasteiger partial charge in [-0.25, -0.2) is 0 Å². The Hall–Kier alpha value is -0.420. The fraction of sp³-hybridized carbons (Fsp3) is 0.692. The average Bonchev–Trinajstić information content (AvgIpc) is 2.65. The molecule has 0 aromatic carbocycles.